The van der Waals surface area contributed by atoms with Crippen molar-refractivity contribution in [1.82, 2.24) is 19.9 Å². The zero-order valence-corrected chi connectivity index (χ0v) is 20.5. The van der Waals surface area contributed by atoms with Gasteiger partial charge < -0.3 is 25.3 Å². The molecular formula is C25H32FN7O2. The third-order valence-corrected chi connectivity index (χ3v) is 7.23. The quantitative estimate of drug-likeness (QED) is 0.506. The van der Waals surface area contributed by atoms with Crippen LogP contribution in [-0.2, 0) is 0 Å². The Morgan fingerprint density at radius 1 is 1.14 bits per heavy atom. The number of pyridine rings is 2. The fourth-order valence-corrected chi connectivity index (χ4v) is 4.65. The highest BCUT2D eigenvalue weighted by Gasteiger charge is 2.39. The molecule has 3 aromatic rings. The third kappa shape index (κ3) is 4.36. The molecule has 0 radical (unpaired) electrons. The van der Waals surface area contributed by atoms with Crippen LogP contribution in [0.3, 0.4) is 0 Å². The van der Waals surface area contributed by atoms with Gasteiger partial charge in [-0.25, -0.2) is 19.3 Å². The number of anilines is 4. The van der Waals surface area contributed by atoms with Gasteiger partial charge in [-0.15, -0.1) is 0 Å². The molecule has 0 saturated carbocycles. The van der Waals surface area contributed by atoms with Gasteiger partial charge in [0, 0.05) is 37.1 Å². The number of nitrogens with one attached hydrogen (secondary N) is 1. The van der Waals surface area contributed by atoms with E-state index in [2.05, 4.69) is 39.0 Å². The van der Waals surface area contributed by atoms with E-state index in [9.17, 15) is 14.6 Å². The summed E-state index contributed by atoms with van der Waals surface area (Å²) >= 11 is 0. The van der Waals surface area contributed by atoms with Gasteiger partial charge in [0.25, 0.3) is 0 Å². The lowest BCUT2D eigenvalue weighted by molar-refractivity contribution is -0.0332. The molecule has 5 heterocycles. The lowest BCUT2D eigenvalue weighted by Crippen LogP contribution is -2.59. The Hall–Kier alpha value is -3.11. The molecule has 9 nitrogen and oxygen atoms in total. The van der Waals surface area contributed by atoms with Crippen molar-refractivity contribution in [1.29, 1.82) is 0 Å². The van der Waals surface area contributed by atoms with Crippen LogP contribution in [-0.4, -0.2) is 73.7 Å². The first-order chi connectivity index (χ1) is 16.6. The van der Waals surface area contributed by atoms with Crippen molar-refractivity contribution in [2.75, 3.05) is 34.8 Å². The number of halogens is 1. The number of fused-ring (bicyclic) bond motifs is 1. The lowest BCUT2D eigenvalue weighted by Gasteiger charge is -2.44. The number of piperidine rings is 1. The van der Waals surface area contributed by atoms with Crippen molar-refractivity contribution in [3.63, 3.8) is 0 Å². The molecule has 35 heavy (non-hydrogen) atoms. The molecule has 3 N–H and O–H groups in total. The SMILES string of the molecule is CC(C)c1cnc(N2C[C@H](O)[C@H]2C)c2cnc(Nc3ccnc(N4CC[C@](C)(O)[C@H](F)C4)n3)cc12. The van der Waals surface area contributed by atoms with Crippen LogP contribution in [0.5, 0.6) is 0 Å². The molecule has 0 amide bonds. The van der Waals surface area contributed by atoms with Gasteiger partial charge in [-0.1, -0.05) is 13.8 Å². The number of aliphatic hydroxyl groups excluding tert-OH is 1. The fraction of sp³-hybridized carbons (Fsp3) is 0.520. The molecule has 5 rings (SSSR count). The zero-order chi connectivity index (χ0) is 24.9. The van der Waals surface area contributed by atoms with Gasteiger partial charge >= 0.3 is 0 Å². The Bertz CT molecular complexity index is 1240. The summed E-state index contributed by atoms with van der Waals surface area (Å²) in [6.45, 7) is 8.84. The second kappa shape index (κ2) is 8.83. The van der Waals surface area contributed by atoms with Crippen LogP contribution in [0.25, 0.3) is 10.8 Å². The van der Waals surface area contributed by atoms with E-state index in [0.29, 0.717) is 37.1 Å². The molecule has 2 aliphatic heterocycles. The predicted octanol–water partition coefficient (Wildman–Crippen LogP) is 3.16. The highest BCUT2D eigenvalue weighted by atomic mass is 19.1. The molecule has 0 aliphatic carbocycles. The summed E-state index contributed by atoms with van der Waals surface area (Å²) in [4.78, 5) is 22.0. The van der Waals surface area contributed by atoms with Crippen molar-refractivity contribution >= 4 is 34.2 Å². The predicted molar refractivity (Wildman–Crippen MR) is 134 cm³/mol. The van der Waals surface area contributed by atoms with Gasteiger partial charge in [0.1, 0.15) is 23.6 Å². The standard InChI is InChI=1S/C25H32FN7O2/c1-14(2)17-10-29-23(33-12-19(34)15(33)3)18-11-28-22(9-16(17)18)30-21-5-7-27-24(31-21)32-8-6-25(4,35)20(26)13-32/h5,7,9-11,14-15,19-20,34-35H,6,8,12-13H2,1-4H3,(H,27,28,30,31)/t15-,19+,20-,25+/m1/s1. The second-order valence-corrected chi connectivity index (χ2v) is 10.2. The normalized spacial score (nSPS) is 26.8. The van der Waals surface area contributed by atoms with Crippen LogP contribution in [0.2, 0.25) is 0 Å². The number of hydrogen-bond donors (Lipinski definition) is 3. The van der Waals surface area contributed by atoms with E-state index >= 15 is 0 Å². The van der Waals surface area contributed by atoms with Crippen molar-refractivity contribution < 1.29 is 14.6 Å². The fourth-order valence-electron chi connectivity index (χ4n) is 4.65. The number of hydrogen-bond acceptors (Lipinski definition) is 9. The maximum atomic E-state index is 14.4. The van der Waals surface area contributed by atoms with Crippen LogP contribution in [0, 0.1) is 0 Å². The van der Waals surface area contributed by atoms with Gasteiger partial charge in [-0.2, -0.15) is 4.98 Å². The lowest BCUT2D eigenvalue weighted by atomic mass is 9.92. The average molecular weight is 482 g/mol. The smallest absolute Gasteiger partial charge is 0.227 e. The molecule has 0 unspecified atom stereocenters. The third-order valence-electron chi connectivity index (χ3n) is 7.23. The number of nitrogens with zero attached hydrogens (tertiary/aromatic N) is 6. The highest BCUT2D eigenvalue weighted by molar-refractivity contribution is 5.96. The summed E-state index contributed by atoms with van der Waals surface area (Å²) in [5.41, 5.74) is -0.213. The Kier molecular flexibility index (Phi) is 5.96. The first-order valence-corrected chi connectivity index (χ1v) is 12.1. The van der Waals surface area contributed by atoms with E-state index in [1.54, 1.807) is 17.2 Å². The Balaban J connectivity index is 1.43. The molecule has 10 heteroatoms. The molecule has 186 valence electrons. The average Bonchev–Trinajstić information content (AvgIpc) is 2.83. The van der Waals surface area contributed by atoms with Crippen LogP contribution in [0.15, 0.2) is 30.7 Å². The second-order valence-electron chi connectivity index (χ2n) is 10.2. The van der Waals surface area contributed by atoms with E-state index < -0.39 is 11.8 Å². The zero-order valence-electron chi connectivity index (χ0n) is 20.5. The molecule has 4 atom stereocenters. The van der Waals surface area contributed by atoms with E-state index in [1.807, 2.05) is 25.4 Å². The van der Waals surface area contributed by atoms with Gasteiger partial charge in [0.05, 0.1) is 24.3 Å². The first kappa shape index (κ1) is 23.6. The first-order valence-electron chi connectivity index (χ1n) is 12.1. The summed E-state index contributed by atoms with van der Waals surface area (Å²) in [6.07, 6.45) is 3.94. The van der Waals surface area contributed by atoms with E-state index in [0.717, 1.165) is 22.2 Å². The topological polar surface area (TPSA) is 111 Å². The molecule has 0 spiro atoms. The van der Waals surface area contributed by atoms with E-state index in [-0.39, 0.29) is 24.6 Å². The minimum Gasteiger partial charge on any atom is -0.389 e. The Morgan fingerprint density at radius 2 is 1.94 bits per heavy atom. The summed E-state index contributed by atoms with van der Waals surface area (Å²) in [5, 5.41) is 25.4. The van der Waals surface area contributed by atoms with Gasteiger partial charge in [0.2, 0.25) is 5.95 Å². The van der Waals surface area contributed by atoms with E-state index in [4.69, 9.17) is 4.98 Å². The Morgan fingerprint density at radius 3 is 2.63 bits per heavy atom. The minimum absolute atomic E-state index is 0.00949. The number of aromatic nitrogens is 4. The van der Waals surface area contributed by atoms with Crippen molar-refractivity contribution in [2.24, 2.45) is 0 Å². The summed E-state index contributed by atoms with van der Waals surface area (Å²) < 4.78 is 14.4. The number of rotatable bonds is 5. The molecule has 2 saturated heterocycles. The van der Waals surface area contributed by atoms with Gasteiger partial charge in [-0.3, -0.25) is 0 Å². The molecule has 2 fully saturated rings. The minimum atomic E-state index is -1.37. The highest BCUT2D eigenvalue weighted by Crippen LogP contribution is 2.36. The summed E-state index contributed by atoms with van der Waals surface area (Å²) in [7, 11) is 0. The number of aliphatic hydroxyl groups is 2. The monoisotopic (exact) mass is 481 g/mol. The van der Waals surface area contributed by atoms with Crippen LogP contribution in [0.4, 0.5) is 27.8 Å². The van der Waals surface area contributed by atoms with Gasteiger partial charge in [0.15, 0.2) is 0 Å². The maximum Gasteiger partial charge on any atom is 0.227 e. The maximum absolute atomic E-state index is 14.4. The molecule has 2 aliphatic rings. The number of β-amino-alcohol motifs (C(OH)–C–C–N with tert-alkyl or cyclic N) is 1. The van der Waals surface area contributed by atoms with Crippen molar-refractivity contribution in [3.8, 4) is 0 Å². The largest absolute Gasteiger partial charge is 0.389 e. The van der Waals surface area contributed by atoms with Crippen LogP contribution < -0.4 is 15.1 Å². The van der Waals surface area contributed by atoms with E-state index in [1.165, 1.54) is 6.92 Å². The Labute approximate surface area is 204 Å². The van der Waals surface area contributed by atoms with Gasteiger partial charge in [-0.05, 0) is 49.3 Å². The number of alkyl halides is 1. The molecule has 0 aromatic carbocycles. The summed E-state index contributed by atoms with van der Waals surface area (Å²) in [6, 6.07) is 3.75. The van der Waals surface area contributed by atoms with Crippen molar-refractivity contribution in [3.05, 3.63) is 36.3 Å². The molecule has 3 aromatic heterocycles. The van der Waals surface area contributed by atoms with Crippen LogP contribution in [0.1, 0.15) is 45.6 Å². The summed E-state index contributed by atoms with van der Waals surface area (Å²) in [5.74, 6) is 2.68. The van der Waals surface area contributed by atoms with Crippen molar-refractivity contribution in [2.45, 2.75) is 64.0 Å². The molecule has 0 bridgehead atoms. The van der Waals surface area contributed by atoms with Crippen LogP contribution >= 0.6 is 0 Å². The molecular weight excluding hydrogens is 449 g/mol.